The SMILES string of the molecule is CC(C)CC(N)C(=O)NC(C)COc1cc(C(F)(F)F)cc(C(F)(F)F)c1. The third-order valence-electron chi connectivity index (χ3n) is 3.51. The topological polar surface area (TPSA) is 64.4 Å². The number of halogens is 6. The fourth-order valence-corrected chi connectivity index (χ4v) is 2.24. The highest BCUT2D eigenvalue weighted by Crippen LogP contribution is 2.38. The van der Waals surface area contributed by atoms with Crippen LogP contribution in [0, 0.1) is 5.92 Å². The second-order valence-corrected chi connectivity index (χ2v) is 6.70. The standard InChI is InChI=1S/C17H22F6N2O2/c1-9(2)4-14(24)15(26)25-10(3)8-27-13-6-11(16(18,19)20)5-12(7-13)17(21,22)23/h5-7,9-10,14H,4,8,24H2,1-3H3,(H,25,26). The lowest BCUT2D eigenvalue weighted by Crippen LogP contribution is -2.46. The van der Waals surface area contributed by atoms with Gasteiger partial charge in [0.25, 0.3) is 0 Å². The van der Waals surface area contributed by atoms with Crippen molar-refractivity contribution < 1.29 is 35.9 Å². The second-order valence-electron chi connectivity index (χ2n) is 6.70. The molecule has 0 bridgehead atoms. The predicted octanol–water partition coefficient (Wildman–Crippen LogP) is 3.98. The number of hydrogen-bond acceptors (Lipinski definition) is 3. The molecule has 0 spiro atoms. The molecule has 10 heteroatoms. The number of amides is 1. The Kier molecular flexibility index (Phi) is 7.53. The number of nitrogens with one attached hydrogen (secondary N) is 1. The van der Waals surface area contributed by atoms with Crippen LogP contribution >= 0.6 is 0 Å². The Balaban J connectivity index is 2.82. The van der Waals surface area contributed by atoms with Crippen molar-refractivity contribution in [2.45, 2.75) is 51.6 Å². The molecule has 1 aromatic rings. The summed E-state index contributed by atoms with van der Waals surface area (Å²) in [5, 5.41) is 2.51. The third-order valence-corrected chi connectivity index (χ3v) is 3.51. The van der Waals surface area contributed by atoms with Gasteiger partial charge in [0.1, 0.15) is 12.4 Å². The average Bonchev–Trinajstić information content (AvgIpc) is 2.50. The Labute approximate surface area is 153 Å². The zero-order valence-corrected chi connectivity index (χ0v) is 15.0. The molecule has 154 valence electrons. The molecule has 4 nitrogen and oxygen atoms in total. The fraction of sp³-hybridized carbons (Fsp3) is 0.588. The Bertz CT molecular complexity index is 611. The molecule has 2 unspecified atom stereocenters. The Morgan fingerprint density at radius 3 is 1.93 bits per heavy atom. The highest BCUT2D eigenvalue weighted by molar-refractivity contribution is 5.81. The number of rotatable bonds is 7. The first-order valence-corrected chi connectivity index (χ1v) is 8.18. The Morgan fingerprint density at radius 1 is 1.04 bits per heavy atom. The molecular weight excluding hydrogens is 378 g/mol. The number of benzene rings is 1. The maximum Gasteiger partial charge on any atom is 0.416 e. The number of ether oxygens (including phenoxy) is 1. The molecule has 0 saturated heterocycles. The van der Waals surface area contributed by atoms with Crippen LogP contribution in [0.4, 0.5) is 26.3 Å². The van der Waals surface area contributed by atoms with Gasteiger partial charge in [-0.05, 0) is 37.5 Å². The van der Waals surface area contributed by atoms with E-state index < -0.39 is 47.2 Å². The van der Waals surface area contributed by atoms with Gasteiger partial charge in [-0.3, -0.25) is 4.79 Å². The average molecular weight is 400 g/mol. The zero-order valence-electron chi connectivity index (χ0n) is 15.0. The lowest BCUT2D eigenvalue weighted by molar-refractivity contribution is -0.143. The number of carbonyl (C=O) groups excluding carboxylic acids is 1. The minimum Gasteiger partial charge on any atom is -0.491 e. The molecular formula is C17H22F6N2O2. The minimum atomic E-state index is -4.96. The molecule has 2 atom stereocenters. The third kappa shape index (κ3) is 7.66. The quantitative estimate of drug-likeness (QED) is 0.681. The van der Waals surface area contributed by atoms with E-state index in [9.17, 15) is 31.1 Å². The lowest BCUT2D eigenvalue weighted by Gasteiger charge is -2.20. The molecule has 0 aliphatic heterocycles. The molecule has 0 aromatic heterocycles. The highest BCUT2D eigenvalue weighted by Gasteiger charge is 2.37. The van der Waals surface area contributed by atoms with Crippen LogP contribution in [0.15, 0.2) is 18.2 Å². The summed E-state index contributed by atoms with van der Waals surface area (Å²) in [6.45, 7) is 4.94. The van der Waals surface area contributed by atoms with Gasteiger partial charge in [-0.15, -0.1) is 0 Å². The van der Waals surface area contributed by atoms with Crippen LogP contribution in [0.5, 0.6) is 5.75 Å². The van der Waals surface area contributed by atoms with Gasteiger partial charge in [-0.2, -0.15) is 26.3 Å². The van der Waals surface area contributed by atoms with Gasteiger partial charge in [0.2, 0.25) is 5.91 Å². The van der Waals surface area contributed by atoms with Crippen LogP contribution < -0.4 is 15.8 Å². The number of alkyl halides is 6. The first kappa shape index (κ1) is 23.1. The van der Waals surface area contributed by atoms with Crippen molar-refractivity contribution in [3.63, 3.8) is 0 Å². The van der Waals surface area contributed by atoms with Crippen molar-refractivity contribution in [1.82, 2.24) is 5.32 Å². The summed E-state index contributed by atoms with van der Waals surface area (Å²) in [7, 11) is 0. The Morgan fingerprint density at radius 2 is 1.52 bits per heavy atom. The van der Waals surface area contributed by atoms with Gasteiger partial charge in [-0.25, -0.2) is 0 Å². The van der Waals surface area contributed by atoms with Gasteiger partial charge >= 0.3 is 12.4 Å². The molecule has 0 saturated carbocycles. The molecule has 0 radical (unpaired) electrons. The lowest BCUT2D eigenvalue weighted by atomic mass is 10.0. The summed E-state index contributed by atoms with van der Waals surface area (Å²) in [5.74, 6) is -0.882. The molecule has 0 heterocycles. The maximum atomic E-state index is 12.8. The molecule has 1 amide bonds. The molecule has 0 aliphatic carbocycles. The van der Waals surface area contributed by atoms with Crippen molar-refractivity contribution in [2.24, 2.45) is 11.7 Å². The van der Waals surface area contributed by atoms with Crippen LogP contribution in [0.3, 0.4) is 0 Å². The first-order valence-electron chi connectivity index (χ1n) is 8.18. The van der Waals surface area contributed by atoms with Crippen molar-refractivity contribution in [1.29, 1.82) is 0 Å². The van der Waals surface area contributed by atoms with E-state index in [2.05, 4.69) is 5.32 Å². The normalized spacial score (nSPS) is 14.8. The summed E-state index contributed by atoms with van der Waals surface area (Å²) in [5.41, 5.74) is 2.77. The molecule has 1 aromatic carbocycles. The van der Waals surface area contributed by atoms with Crippen LogP contribution in [-0.4, -0.2) is 24.6 Å². The monoisotopic (exact) mass is 400 g/mol. The van der Waals surface area contributed by atoms with Crippen molar-refractivity contribution in [2.75, 3.05) is 6.61 Å². The van der Waals surface area contributed by atoms with Crippen molar-refractivity contribution in [3.8, 4) is 5.75 Å². The minimum absolute atomic E-state index is 0.0169. The smallest absolute Gasteiger partial charge is 0.416 e. The van der Waals surface area contributed by atoms with E-state index in [0.717, 1.165) is 0 Å². The second kappa shape index (κ2) is 8.81. The summed E-state index contributed by atoms with van der Waals surface area (Å²) >= 11 is 0. The van der Waals surface area contributed by atoms with E-state index in [1.807, 2.05) is 13.8 Å². The Hall–Kier alpha value is -1.97. The van der Waals surface area contributed by atoms with E-state index in [0.29, 0.717) is 18.6 Å². The van der Waals surface area contributed by atoms with Gasteiger partial charge in [-0.1, -0.05) is 13.8 Å². The molecule has 1 rings (SSSR count). The van der Waals surface area contributed by atoms with E-state index in [4.69, 9.17) is 10.5 Å². The maximum absolute atomic E-state index is 12.8. The van der Waals surface area contributed by atoms with Gasteiger partial charge < -0.3 is 15.8 Å². The zero-order chi connectivity index (χ0) is 21.0. The number of carbonyl (C=O) groups is 1. The molecule has 0 aliphatic rings. The van der Waals surface area contributed by atoms with Gasteiger partial charge in [0.05, 0.1) is 23.2 Å². The van der Waals surface area contributed by atoms with Crippen molar-refractivity contribution >= 4 is 5.91 Å². The molecule has 3 N–H and O–H groups in total. The summed E-state index contributed by atoms with van der Waals surface area (Å²) in [4.78, 5) is 11.9. The van der Waals surface area contributed by atoms with Gasteiger partial charge in [0, 0.05) is 0 Å². The summed E-state index contributed by atoms with van der Waals surface area (Å²) < 4.78 is 81.9. The van der Waals surface area contributed by atoms with E-state index in [-0.39, 0.29) is 18.6 Å². The van der Waals surface area contributed by atoms with Crippen molar-refractivity contribution in [3.05, 3.63) is 29.3 Å². The van der Waals surface area contributed by atoms with E-state index in [1.54, 1.807) is 0 Å². The van der Waals surface area contributed by atoms with Crippen LogP contribution in [0.25, 0.3) is 0 Å². The van der Waals surface area contributed by atoms with E-state index in [1.165, 1.54) is 6.92 Å². The number of hydrogen-bond donors (Lipinski definition) is 2. The predicted molar refractivity (Wildman–Crippen MR) is 87.0 cm³/mol. The highest BCUT2D eigenvalue weighted by atomic mass is 19.4. The summed E-state index contributed by atoms with van der Waals surface area (Å²) in [6.07, 6.45) is -9.48. The van der Waals surface area contributed by atoms with Crippen LogP contribution in [-0.2, 0) is 17.1 Å². The molecule has 27 heavy (non-hydrogen) atoms. The largest absolute Gasteiger partial charge is 0.491 e. The first-order chi connectivity index (χ1) is 12.2. The van der Waals surface area contributed by atoms with Crippen LogP contribution in [0.2, 0.25) is 0 Å². The molecule has 0 fully saturated rings. The van der Waals surface area contributed by atoms with E-state index >= 15 is 0 Å². The van der Waals surface area contributed by atoms with Gasteiger partial charge in [0.15, 0.2) is 0 Å². The fourth-order valence-electron chi connectivity index (χ4n) is 2.24. The van der Waals surface area contributed by atoms with Crippen LogP contribution in [0.1, 0.15) is 38.3 Å². The summed E-state index contributed by atoms with van der Waals surface area (Å²) in [6, 6.07) is -0.455. The number of nitrogens with two attached hydrogens (primary N) is 1.